The molecular weight excluding hydrogens is 170 g/mol. The van der Waals surface area contributed by atoms with Gasteiger partial charge in [0.1, 0.15) is 0 Å². The van der Waals surface area contributed by atoms with E-state index in [2.05, 4.69) is 5.32 Å². The molecule has 2 aliphatic rings. The Hall–Kier alpha value is -0.830. The zero-order chi connectivity index (χ0) is 8.18. The first-order valence-electron chi connectivity index (χ1n) is 4.18. The Morgan fingerprint density at radius 1 is 1.50 bits per heavy atom. The average molecular weight is 179 g/mol. The predicted octanol–water partition coefficient (Wildman–Crippen LogP) is 1.52. The Morgan fingerprint density at radius 2 is 2.33 bits per heavy atom. The van der Waals surface area contributed by atoms with E-state index in [1.807, 2.05) is 11.4 Å². The molecule has 1 amide bonds. The molecule has 0 aromatic carbocycles. The van der Waals surface area contributed by atoms with Crippen molar-refractivity contribution in [2.24, 2.45) is 0 Å². The standard InChI is InChI=1S/C9H9NOS/c11-8-6-1-4-12-7(6)9(2-3-9)5-10-8/h1,4H,2-3,5H2,(H,10,11). The van der Waals surface area contributed by atoms with Crippen LogP contribution in [0.25, 0.3) is 0 Å². The van der Waals surface area contributed by atoms with Crippen LogP contribution in [0.3, 0.4) is 0 Å². The van der Waals surface area contributed by atoms with E-state index in [0.29, 0.717) is 5.41 Å². The summed E-state index contributed by atoms with van der Waals surface area (Å²) >= 11 is 1.74. The smallest absolute Gasteiger partial charge is 0.252 e. The highest BCUT2D eigenvalue weighted by Crippen LogP contribution is 2.52. The summed E-state index contributed by atoms with van der Waals surface area (Å²) in [5, 5.41) is 4.97. The van der Waals surface area contributed by atoms with Crippen LogP contribution in [0.15, 0.2) is 11.4 Å². The Labute approximate surface area is 74.6 Å². The van der Waals surface area contributed by atoms with Crippen LogP contribution in [0.5, 0.6) is 0 Å². The van der Waals surface area contributed by atoms with Gasteiger partial charge >= 0.3 is 0 Å². The van der Waals surface area contributed by atoms with Gasteiger partial charge in [0.2, 0.25) is 0 Å². The van der Waals surface area contributed by atoms with Crippen LogP contribution in [0.2, 0.25) is 0 Å². The predicted molar refractivity (Wildman–Crippen MR) is 47.6 cm³/mol. The Bertz CT molecular complexity index is 351. The first-order chi connectivity index (χ1) is 5.82. The molecule has 0 bridgehead atoms. The van der Waals surface area contributed by atoms with Gasteiger partial charge < -0.3 is 5.32 Å². The minimum Gasteiger partial charge on any atom is -0.351 e. The number of carbonyl (C=O) groups is 1. The lowest BCUT2D eigenvalue weighted by molar-refractivity contribution is 0.0939. The highest BCUT2D eigenvalue weighted by atomic mass is 32.1. The topological polar surface area (TPSA) is 29.1 Å². The number of nitrogens with one attached hydrogen (secondary N) is 1. The fourth-order valence-electron chi connectivity index (χ4n) is 1.88. The third-order valence-electron chi connectivity index (χ3n) is 2.83. The Balaban J connectivity index is 2.20. The monoisotopic (exact) mass is 179 g/mol. The van der Waals surface area contributed by atoms with Crippen molar-refractivity contribution in [1.82, 2.24) is 5.32 Å². The summed E-state index contributed by atoms with van der Waals surface area (Å²) in [4.78, 5) is 12.7. The number of hydrogen-bond acceptors (Lipinski definition) is 2. The van der Waals surface area contributed by atoms with Crippen LogP contribution in [0.4, 0.5) is 0 Å². The molecule has 62 valence electrons. The van der Waals surface area contributed by atoms with Crippen LogP contribution < -0.4 is 5.32 Å². The van der Waals surface area contributed by atoms with Crippen LogP contribution in [-0.4, -0.2) is 12.5 Å². The normalized spacial score (nSPS) is 23.5. The van der Waals surface area contributed by atoms with Gasteiger partial charge in [-0.3, -0.25) is 4.79 Å². The van der Waals surface area contributed by atoms with Crippen molar-refractivity contribution < 1.29 is 4.79 Å². The SMILES string of the molecule is O=C1NCC2(CC2)c2sccc21. The number of hydrogen-bond donors (Lipinski definition) is 1. The molecule has 1 spiro atoms. The lowest BCUT2D eigenvalue weighted by Gasteiger charge is -2.21. The largest absolute Gasteiger partial charge is 0.351 e. The van der Waals surface area contributed by atoms with E-state index in [-0.39, 0.29) is 5.91 Å². The minimum absolute atomic E-state index is 0.115. The van der Waals surface area contributed by atoms with Crippen molar-refractivity contribution in [2.45, 2.75) is 18.3 Å². The molecule has 0 unspecified atom stereocenters. The number of rotatable bonds is 0. The molecule has 1 fully saturated rings. The van der Waals surface area contributed by atoms with Crippen molar-refractivity contribution >= 4 is 17.2 Å². The third kappa shape index (κ3) is 0.672. The number of carbonyl (C=O) groups excluding carboxylic acids is 1. The zero-order valence-electron chi connectivity index (χ0n) is 6.59. The van der Waals surface area contributed by atoms with E-state index >= 15 is 0 Å². The number of fused-ring (bicyclic) bond motifs is 2. The molecule has 1 saturated carbocycles. The lowest BCUT2D eigenvalue weighted by Crippen LogP contribution is -2.37. The van der Waals surface area contributed by atoms with Gasteiger partial charge in [0, 0.05) is 16.8 Å². The maximum Gasteiger partial charge on any atom is 0.252 e. The van der Waals surface area contributed by atoms with E-state index < -0.39 is 0 Å². The fourth-order valence-corrected chi connectivity index (χ4v) is 3.03. The molecule has 0 radical (unpaired) electrons. The van der Waals surface area contributed by atoms with Crippen LogP contribution in [0, 0.1) is 0 Å². The molecule has 1 aromatic rings. The van der Waals surface area contributed by atoms with Gasteiger partial charge in [-0.2, -0.15) is 0 Å². The summed E-state index contributed by atoms with van der Waals surface area (Å²) in [7, 11) is 0. The number of thiophene rings is 1. The Morgan fingerprint density at radius 3 is 3.08 bits per heavy atom. The maximum absolute atomic E-state index is 11.4. The van der Waals surface area contributed by atoms with Crippen molar-refractivity contribution in [3.8, 4) is 0 Å². The molecule has 0 saturated heterocycles. The summed E-state index contributed by atoms with van der Waals surface area (Å²) in [6.45, 7) is 0.860. The second kappa shape index (κ2) is 1.91. The molecule has 3 heteroatoms. The molecular formula is C9H9NOS. The molecule has 0 atom stereocenters. The first-order valence-corrected chi connectivity index (χ1v) is 5.06. The summed E-state index contributed by atoms with van der Waals surface area (Å²) in [6, 6.07) is 1.94. The van der Waals surface area contributed by atoms with Crippen molar-refractivity contribution in [1.29, 1.82) is 0 Å². The second-order valence-corrected chi connectivity index (χ2v) is 4.54. The van der Waals surface area contributed by atoms with E-state index in [0.717, 1.165) is 12.1 Å². The van der Waals surface area contributed by atoms with E-state index in [4.69, 9.17) is 0 Å². The second-order valence-electron chi connectivity index (χ2n) is 3.63. The molecule has 1 aromatic heterocycles. The molecule has 1 N–H and O–H groups in total. The third-order valence-corrected chi connectivity index (χ3v) is 3.99. The van der Waals surface area contributed by atoms with Gasteiger partial charge in [0.15, 0.2) is 0 Å². The van der Waals surface area contributed by atoms with E-state index in [9.17, 15) is 4.79 Å². The molecule has 3 rings (SSSR count). The van der Waals surface area contributed by atoms with Crippen LogP contribution >= 0.6 is 11.3 Å². The first kappa shape index (κ1) is 6.66. The Kier molecular flexibility index (Phi) is 1.06. The fraction of sp³-hybridized carbons (Fsp3) is 0.444. The number of amides is 1. The van der Waals surface area contributed by atoms with Gasteiger partial charge in [-0.15, -0.1) is 11.3 Å². The average Bonchev–Trinajstić information content (AvgIpc) is 2.64. The quantitative estimate of drug-likeness (QED) is 0.643. The molecule has 2 heterocycles. The zero-order valence-corrected chi connectivity index (χ0v) is 7.41. The summed E-state index contributed by atoms with van der Waals surface area (Å²) < 4.78 is 0. The lowest BCUT2D eigenvalue weighted by atomic mass is 9.97. The molecule has 1 aliphatic heterocycles. The summed E-state index contributed by atoms with van der Waals surface area (Å²) in [6.07, 6.45) is 2.50. The summed E-state index contributed by atoms with van der Waals surface area (Å²) in [5.41, 5.74) is 1.28. The summed E-state index contributed by atoms with van der Waals surface area (Å²) in [5.74, 6) is 0.115. The van der Waals surface area contributed by atoms with Crippen molar-refractivity contribution in [3.63, 3.8) is 0 Å². The van der Waals surface area contributed by atoms with Crippen molar-refractivity contribution in [3.05, 3.63) is 21.9 Å². The van der Waals surface area contributed by atoms with Gasteiger partial charge in [-0.1, -0.05) is 0 Å². The van der Waals surface area contributed by atoms with E-state index in [1.54, 1.807) is 11.3 Å². The van der Waals surface area contributed by atoms with Crippen LogP contribution in [0.1, 0.15) is 28.1 Å². The maximum atomic E-state index is 11.4. The minimum atomic E-state index is 0.115. The molecule has 1 aliphatic carbocycles. The molecule has 12 heavy (non-hydrogen) atoms. The van der Waals surface area contributed by atoms with Crippen molar-refractivity contribution in [2.75, 3.05) is 6.54 Å². The van der Waals surface area contributed by atoms with E-state index in [1.165, 1.54) is 17.7 Å². The van der Waals surface area contributed by atoms with Gasteiger partial charge in [-0.05, 0) is 24.3 Å². The van der Waals surface area contributed by atoms with Gasteiger partial charge in [-0.25, -0.2) is 0 Å². The highest BCUT2D eigenvalue weighted by molar-refractivity contribution is 7.10. The molecule has 2 nitrogen and oxygen atoms in total. The van der Waals surface area contributed by atoms with Crippen LogP contribution in [-0.2, 0) is 5.41 Å². The highest BCUT2D eigenvalue weighted by Gasteiger charge is 2.49. The van der Waals surface area contributed by atoms with Gasteiger partial charge in [0.25, 0.3) is 5.91 Å². The van der Waals surface area contributed by atoms with Gasteiger partial charge in [0.05, 0.1) is 5.56 Å².